The van der Waals surface area contributed by atoms with Gasteiger partial charge in [0, 0.05) is 28.3 Å². The maximum Gasteiger partial charge on any atom is 0.337 e. The second kappa shape index (κ2) is 10.8. The molecule has 10 nitrogen and oxygen atoms in total. The molecule has 0 saturated heterocycles. The number of nitrogens with one attached hydrogen (secondary N) is 1. The summed E-state index contributed by atoms with van der Waals surface area (Å²) in [5.74, 6) is 0.581. The number of thioether (sulfide) groups is 1. The Morgan fingerprint density at radius 1 is 0.973 bits per heavy atom. The van der Waals surface area contributed by atoms with Crippen molar-refractivity contribution in [3.05, 3.63) is 80.9 Å². The number of rotatable bonds is 8. The molecule has 11 heteroatoms. The van der Waals surface area contributed by atoms with Gasteiger partial charge in [-0.2, -0.15) is 4.68 Å². The molecule has 4 aromatic rings. The summed E-state index contributed by atoms with van der Waals surface area (Å²) in [6.07, 6.45) is 0. The topological polar surface area (TPSA) is 125 Å². The number of fused-ring (bicyclic) bond motifs is 1. The lowest BCUT2D eigenvalue weighted by Gasteiger charge is -2.15. The van der Waals surface area contributed by atoms with Crippen molar-refractivity contribution in [2.45, 2.75) is 31.7 Å². The normalized spacial score (nSPS) is 10.8. The second-order valence-corrected chi connectivity index (χ2v) is 9.16. The second-order valence-electron chi connectivity index (χ2n) is 8.22. The Morgan fingerprint density at radius 3 is 2.32 bits per heavy atom. The molecule has 0 aliphatic heterocycles. The summed E-state index contributed by atoms with van der Waals surface area (Å²) >= 11 is 1.25. The number of ether oxygens (including phenoxy) is 2. The van der Waals surface area contributed by atoms with E-state index in [2.05, 4.69) is 20.4 Å². The van der Waals surface area contributed by atoms with Gasteiger partial charge in [-0.3, -0.25) is 15.0 Å². The highest BCUT2D eigenvalue weighted by molar-refractivity contribution is 7.98. The average Bonchev–Trinajstić information content (AvgIpc) is 2.87. The fourth-order valence-corrected chi connectivity index (χ4v) is 4.66. The van der Waals surface area contributed by atoms with Crippen LogP contribution in [0.5, 0.6) is 5.75 Å². The van der Waals surface area contributed by atoms with Crippen LogP contribution in [-0.2, 0) is 10.5 Å². The highest BCUT2D eigenvalue weighted by atomic mass is 32.2. The summed E-state index contributed by atoms with van der Waals surface area (Å²) in [5, 5.41) is 0.600. The molecule has 0 aliphatic rings. The average molecular weight is 520 g/mol. The molecule has 190 valence electrons. The molecule has 0 unspecified atom stereocenters. The summed E-state index contributed by atoms with van der Waals surface area (Å²) in [6, 6.07) is 11.6. The van der Waals surface area contributed by atoms with Crippen LogP contribution >= 0.6 is 11.8 Å². The number of carbonyl (C=O) groups is 2. The molecule has 0 fully saturated rings. The van der Waals surface area contributed by atoms with Crippen molar-refractivity contribution >= 4 is 40.4 Å². The number of nitrogens with zero attached hydrogens (tertiary/aromatic N) is 4. The fraction of sp³-hybridized carbons (Fsp3) is 0.231. The first kappa shape index (κ1) is 25.8. The predicted octanol–water partition coefficient (Wildman–Crippen LogP) is 3.97. The number of ketones is 1. The summed E-state index contributed by atoms with van der Waals surface area (Å²) in [7, 11) is 2.84. The molecule has 2 aromatic heterocycles. The quantitative estimate of drug-likeness (QED) is 0.158. The van der Waals surface area contributed by atoms with Crippen LogP contribution in [0.3, 0.4) is 0 Å². The summed E-state index contributed by atoms with van der Waals surface area (Å²) in [6.45, 7) is 5.16. The van der Waals surface area contributed by atoms with Gasteiger partial charge in [-0.1, -0.05) is 11.8 Å². The Bertz CT molecular complexity index is 1560. The molecule has 0 radical (unpaired) electrons. The first-order chi connectivity index (χ1) is 17.7. The van der Waals surface area contributed by atoms with E-state index in [0.717, 1.165) is 17.0 Å². The third kappa shape index (κ3) is 5.61. The first-order valence-corrected chi connectivity index (χ1v) is 12.2. The van der Waals surface area contributed by atoms with Crippen LogP contribution in [0, 0.1) is 13.8 Å². The number of hydrogen-bond donors (Lipinski definition) is 1. The van der Waals surface area contributed by atoms with E-state index in [-0.39, 0.29) is 17.3 Å². The largest absolute Gasteiger partial charge is 0.496 e. The van der Waals surface area contributed by atoms with Crippen LogP contribution in [-0.4, -0.2) is 45.6 Å². The maximum absolute atomic E-state index is 13.6. The molecule has 0 spiro atoms. The van der Waals surface area contributed by atoms with Crippen LogP contribution in [0.15, 0.2) is 52.4 Å². The minimum atomic E-state index is -0.533. The Balaban J connectivity index is 1.82. The molecule has 0 amide bonds. The van der Waals surface area contributed by atoms with Crippen LogP contribution in [0.4, 0.5) is 5.95 Å². The molecule has 1 N–H and O–H groups in total. The van der Waals surface area contributed by atoms with E-state index in [1.807, 2.05) is 19.9 Å². The van der Waals surface area contributed by atoms with Crippen molar-refractivity contribution in [1.82, 2.24) is 19.6 Å². The summed E-state index contributed by atoms with van der Waals surface area (Å²) in [4.78, 5) is 51.0. The molecule has 0 aliphatic carbocycles. The number of Topliss-reactive ketones (excluding diaryl/α,β-unsaturated/α-hetero) is 1. The molecule has 0 saturated carbocycles. The number of esters is 1. The summed E-state index contributed by atoms with van der Waals surface area (Å²) < 4.78 is 11.6. The van der Waals surface area contributed by atoms with Gasteiger partial charge in [0.05, 0.1) is 30.7 Å². The Kier molecular flexibility index (Phi) is 7.53. The van der Waals surface area contributed by atoms with Crippen LogP contribution in [0.1, 0.15) is 44.6 Å². The fourth-order valence-electron chi connectivity index (χ4n) is 3.73. The van der Waals surface area contributed by atoms with E-state index in [1.54, 1.807) is 25.3 Å². The zero-order valence-electron chi connectivity index (χ0n) is 21.0. The minimum Gasteiger partial charge on any atom is -0.496 e. The number of hydrogen-bond acceptors (Lipinski definition) is 10. The third-order valence-corrected chi connectivity index (χ3v) is 6.48. The Hall–Kier alpha value is -4.25. The van der Waals surface area contributed by atoms with Gasteiger partial charge in [0.25, 0.3) is 5.56 Å². The van der Waals surface area contributed by atoms with E-state index in [9.17, 15) is 14.4 Å². The molecular weight excluding hydrogens is 494 g/mol. The summed E-state index contributed by atoms with van der Waals surface area (Å²) in [5.41, 5.74) is 5.97. The van der Waals surface area contributed by atoms with Crippen molar-refractivity contribution in [3.63, 3.8) is 0 Å². The van der Waals surface area contributed by atoms with Gasteiger partial charge in [0.2, 0.25) is 5.95 Å². The van der Waals surface area contributed by atoms with Gasteiger partial charge in [-0.25, -0.2) is 19.7 Å². The number of aryl methyl sites for hydroxylation is 2. The highest BCUT2D eigenvalue weighted by Gasteiger charge is 2.17. The van der Waals surface area contributed by atoms with Gasteiger partial charge in [0.1, 0.15) is 5.75 Å². The number of carbonyl (C=O) groups excluding carboxylic acids is 2. The van der Waals surface area contributed by atoms with Crippen LogP contribution < -0.4 is 15.7 Å². The van der Waals surface area contributed by atoms with Crippen molar-refractivity contribution in [3.8, 4) is 5.75 Å². The van der Waals surface area contributed by atoms with Crippen LogP contribution in [0.2, 0.25) is 0 Å². The van der Waals surface area contributed by atoms with Gasteiger partial charge >= 0.3 is 5.97 Å². The van der Waals surface area contributed by atoms with E-state index in [0.29, 0.717) is 33.1 Å². The van der Waals surface area contributed by atoms with Gasteiger partial charge in [0.15, 0.2) is 10.9 Å². The van der Waals surface area contributed by atoms with Crippen molar-refractivity contribution in [2.24, 2.45) is 0 Å². The van der Waals surface area contributed by atoms with Gasteiger partial charge < -0.3 is 9.47 Å². The van der Waals surface area contributed by atoms with Gasteiger partial charge in [-0.15, -0.1) is 0 Å². The molecule has 0 bridgehead atoms. The zero-order valence-corrected chi connectivity index (χ0v) is 21.8. The molecule has 37 heavy (non-hydrogen) atoms. The first-order valence-electron chi connectivity index (χ1n) is 11.2. The highest BCUT2D eigenvalue weighted by Crippen LogP contribution is 2.29. The lowest BCUT2D eigenvalue weighted by molar-refractivity contribution is 0.0600. The number of benzene rings is 2. The lowest BCUT2D eigenvalue weighted by Crippen LogP contribution is -2.30. The number of anilines is 1. The standard InChI is InChI=1S/C26H25N5O5S/c1-14-10-15(2)28-25(27-14)30-31-23(33)20-8-6-18(24(34)36-5)12-21(20)29-26(31)37-13-19-11-17(16(3)32)7-9-22(19)35-4/h6-12H,13H2,1-5H3,(H,27,28,30). The monoisotopic (exact) mass is 519 g/mol. The third-order valence-electron chi connectivity index (χ3n) is 5.50. The molecule has 2 heterocycles. The molecule has 0 atom stereocenters. The molecule has 4 rings (SSSR count). The number of aromatic nitrogens is 4. The van der Waals surface area contributed by atoms with Crippen molar-refractivity contribution in [1.29, 1.82) is 0 Å². The van der Waals surface area contributed by atoms with Crippen LogP contribution in [0.25, 0.3) is 10.9 Å². The van der Waals surface area contributed by atoms with Gasteiger partial charge in [-0.05, 0) is 63.2 Å². The van der Waals surface area contributed by atoms with Crippen molar-refractivity contribution < 1.29 is 19.1 Å². The maximum atomic E-state index is 13.6. The molecular formula is C26H25N5O5S. The number of methoxy groups -OCH3 is 2. The Morgan fingerprint density at radius 2 is 1.68 bits per heavy atom. The SMILES string of the molecule is COC(=O)c1ccc2c(=O)n(Nc3nc(C)cc(C)n3)c(SCc3cc(C(C)=O)ccc3OC)nc2c1. The predicted molar refractivity (Wildman–Crippen MR) is 140 cm³/mol. The van der Waals surface area contributed by atoms with E-state index in [4.69, 9.17) is 9.47 Å². The van der Waals surface area contributed by atoms with Crippen molar-refractivity contribution in [2.75, 3.05) is 19.6 Å². The minimum absolute atomic E-state index is 0.0707. The smallest absolute Gasteiger partial charge is 0.337 e. The lowest BCUT2D eigenvalue weighted by atomic mass is 10.1. The molecule has 2 aromatic carbocycles. The zero-order chi connectivity index (χ0) is 26.7. The Labute approximate surface area is 217 Å². The van der Waals surface area contributed by atoms with E-state index < -0.39 is 11.5 Å². The van der Waals surface area contributed by atoms with E-state index in [1.165, 1.54) is 48.7 Å². The van der Waals surface area contributed by atoms with E-state index >= 15 is 0 Å².